The number of hydrogen-bond donors (Lipinski definition) is 3. The summed E-state index contributed by atoms with van der Waals surface area (Å²) in [5.41, 5.74) is 2.85. The third-order valence-corrected chi connectivity index (χ3v) is 7.99. The van der Waals surface area contributed by atoms with Crippen LogP contribution in [0.2, 0.25) is 5.02 Å². The highest BCUT2D eigenvalue weighted by Gasteiger charge is 2.40. The largest absolute Gasteiger partial charge is 0.492 e. The van der Waals surface area contributed by atoms with E-state index in [0.29, 0.717) is 46.5 Å². The normalized spacial score (nSPS) is 16.2. The molecule has 0 saturated carbocycles. The molecule has 1 heterocycles. The number of nitrogens with zero attached hydrogens (tertiary/aromatic N) is 1. The van der Waals surface area contributed by atoms with Gasteiger partial charge in [-0.05, 0) is 67.6 Å². The third-order valence-electron chi connectivity index (χ3n) is 7.76. The first kappa shape index (κ1) is 36.7. The first-order valence-electron chi connectivity index (χ1n) is 16.3. The van der Waals surface area contributed by atoms with Crippen molar-refractivity contribution in [3.63, 3.8) is 0 Å². The summed E-state index contributed by atoms with van der Waals surface area (Å²) in [6.45, 7) is 7.96. The molecule has 0 bridgehead atoms. The minimum atomic E-state index is -1.22. The average Bonchev–Trinajstić information content (AvgIpc) is 3.15. The van der Waals surface area contributed by atoms with Gasteiger partial charge in [0.25, 0.3) is 5.91 Å². The average molecular weight is 680 g/mol. The fourth-order valence-electron chi connectivity index (χ4n) is 5.64. The molecule has 4 rings (SSSR count). The number of rotatable bonds is 16. The Morgan fingerprint density at radius 1 is 1.00 bits per heavy atom. The lowest BCUT2D eigenvalue weighted by Gasteiger charge is -2.31. The summed E-state index contributed by atoms with van der Waals surface area (Å²) in [5, 5.41) is 15.3. The van der Waals surface area contributed by atoms with Gasteiger partial charge in [0.1, 0.15) is 18.8 Å². The molecule has 48 heavy (non-hydrogen) atoms. The summed E-state index contributed by atoms with van der Waals surface area (Å²) in [6.07, 6.45) is 0.391. The number of benzene rings is 3. The predicted molar refractivity (Wildman–Crippen MR) is 186 cm³/mol. The molecule has 3 aromatic carbocycles. The Bertz CT molecular complexity index is 1540. The Morgan fingerprint density at radius 3 is 2.46 bits per heavy atom. The number of carboxylic acids is 1. The van der Waals surface area contributed by atoms with Crippen molar-refractivity contribution < 1.29 is 33.7 Å². The Hall–Kier alpha value is -4.12. The highest BCUT2D eigenvalue weighted by molar-refractivity contribution is 6.30. The van der Waals surface area contributed by atoms with Crippen molar-refractivity contribution in [1.82, 2.24) is 10.6 Å². The van der Waals surface area contributed by atoms with Crippen molar-refractivity contribution in [2.24, 2.45) is 5.41 Å². The number of nitrogens with one attached hydrogen (secondary N) is 2. The lowest BCUT2D eigenvalue weighted by Crippen LogP contribution is -2.45. The van der Waals surface area contributed by atoms with E-state index in [9.17, 15) is 14.4 Å². The fourth-order valence-corrected chi connectivity index (χ4v) is 5.82. The fraction of sp³-hybridized carbons (Fsp3) is 0.432. The lowest BCUT2D eigenvalue weighted by atomic mass is 9.94. The van der Waals surface area contributed by atoms with E-state index < -0.39 is 36.5 Å². The number of anilines is 1. The van der Waals surface area contributed by atoms with Crippen LogP contribution in [-0.4, -0.2) is 68.9 Å². The molecule has 1 aliphatic heterocycles. The van der Waals surface area contributed by atoms with Crippen molar-refractivity contribution >= 4 is 35.1 Å². The van der Waals surface area contributed by atoms with Gasteiger partial charge in [-0.15, -0.1) is 0 Å². The topological polar surface area (TPSA) is 126 Å². The molecule has 1 aliphatic rings. The molecule has 2 amide bonds. The van der Waals surface area contributed by atoms with Crippen LogP contribution in [0.25, 0.3) is 0 Å². The molecule has 3 N–H and O–H groups in total. The maximum Gasteiger partial charge on any atom is 0.322 e. The zero-order valence-corrected chi connectivity index (χ0v) is 28.8. The molecule has 0 aliphatic carbocycles. The second-order valence-electron chi connectivity index (χ2n) is 13.0. The number of carboxylic acid groups (broad SMARTS) is 1. The van der Waals surface area contributed by atoms with Gasteiger partial charge in [-0.2, -0.15) is 0 Å². The van der Waals surface area contributed by atoms with Crippen molar-refractivity contribution in [3.05, 3.63) is 88.4 Å². The second-order valence-corrected chi connectivity index (χ2v) is 13.4. The molecular weight excluding hydrogens is 634 g/mol. The summed E-state index contributed by atoms with van der Waals surface area (Å²) in [7, 11) is 1.55. The van der Waals surface area contributed by atoms with Crippen LogP contribution >= 0.6 is 11.6 Å². The first-order chi connectivity index (χ1) is 23.0. The summed E-state index contributed by atoms with van der Waals surface area (Å²) in [6, 6.07) is 21.2. The van der Waals surface area contributed by atoms with Crippen LogP contribution in [0.3, 0.4) is 0 Å². The number of hydrogen-bond acceptors (Lipinski definition) is 7. The van der Waals surface area contributed by atoms with E-state index in [0.717, 1.165) is 32.4 Å². The molecule has 0 radical (unpaired) electrons. The number of amides is 2. The summed E-state index contributed by atoms with van der Waals surface area (Å²) >= 11 is 6.52. The van der Waals surface area contributed by atoms with Gasteiger partial charge < -0.3 is 34.9 Å². The highest BCUT2D eigenvalue weighted by atomic mass is 35.5. The molecule has 0 aromatic heterocycles. The Labute approximate surface area is 287 Å². The molecule has 258 valence electrons. The van der Waals surface area contributed by atoms with E-state index >= 15 is 0 Å². The number of para-hydroxylation sites is 1. The number of carbonyl (C=O) groups is 3. The van der Waals surface area contributed by atoms with Crippen LogP contribution in [0.15, 0.2) is 66.7 Å². The van der Waals surface area contributed by atoms with Crippen molar-refractivity contribution in [3.8, 4) is 11.5 Å². The van der Waals surface area contributed by atoms with Gasteiger partial charge in [-0.25, -0.2) is 0 Å². The minimum absolute atomic E-state index is 0.301. The van der Waals surface area contributed by atoms with E-state index in [2.05, 4.69) is 34.9 Å². The molecule has 0 spiro atoms. The van der Waals surface area contributed by atoms with E-state index in [4.69, 9.17) is 30.9 Å². The maximum atomic E-state index is 14.1. The zero-order chi connectivity index (χ0) is 34.7. The lowest BCUT2D eigenvalue weighted by molar-refractivity contribution is -0.140. The Balaban J connectivity index is 1.55. The summed E-state index contributed by atoms with van der Waals surface area (Å²) < 4.78 is 18.6. The van der Waals surface area contributed by atoms with Gasteiger partial charge >= 0.3 is 5.97 Å². The van der Waals surface area contributed by atoms with Crippen LogP contribution < -0.4 is 25.0 Å². The summed E-state index contributed by atoms with van der Waals surface area (Å²) in [4.78, 5) is 39.6. The van der Waals surface area contributed by atoms with Gasteiger partial charge in [0.15, 0.2) is 11.5 Å². The third kappa shape index (κ3) is 10.4. The van der Waals surface area contributed by atoms with Crippen LogP contribution in [0.5, 0.6) is 11.5 Å². The maximum absolute atomic E-state index is 14.1. The van der Waals surface area contributed by atoms with Crippen LogP contribution in [0, 0.1) is 5.41 Å². The number of aryl methyl sites for hydroxylation is 1. The number of ether oxygens (including phenoxy) is 3. The van der Waals surface area contributed by atoms with Gasteiger partial charge in [0.2, 0.25) is 5.91 Å². The molecule has 11 heteroatoms. The zero-order valence-electron chi connectivity index (χ0n) is 28.1. The van der Waals surface area contributed by atoms with Crippen molar-refractivity contribution in [2.75, 3.05) is 44.8 Å². The summed E-state index contributed by atoms with van der Waals surface area (Å²) in [5.74, 6) is -1.26. The number of aliphatic carboxylic acids is 1. The van der Waals surface area contributed by atoms with Gasteiger partial charge in [-0.3, -0.25) is 14.4 Å². The molecule has 0 fully saturated rings. The van der Waals surface area contributed by atoms with Crippen LogP contribution in [0.1, 0.15) is 62.8 Å². The Morgan fingerprint density at radius 2 is 1.75 bits per heavy atom. The number of carbonyl (C=O) groups excluding carboxylic acids is 2. The van der Waals surface area contributed by atoms with E-state index in [1.54, 1.807) is 30.2 Å². The molecular formula is C37H46ClN3O7. The van der Waals surface area contributed by atoms with E-state index in [1.165, 1.54) is 5.56 Å². The number of halogens is 1. The van der Waals surface area contributed by atoms with Crippen molar-refractivity contribution in [1.29, 1.82) is 0 Å². The van der Waals surface area contributed by atoms with E-state index in [-0.39, 0.29) is 11.8 Å². The number of fused-ring (bicyclic) bond motifs is 1. The van der Waals surface area contributed by atoms with Crippen LogP contribution in [0.4, 0.5) is 5.69 Å². The van der Waals surface area contributed by atoms with Crippen molar-refractivity contribution in [2.45, 2.75) is 58.7 Å². The first-order valence-corrected chi connectivity index (χ1v) is 16.6. The SMILES string of the molecule is COc1c(OCCCNCCCc2ccccc2)cccc1[C@@H]1O[C@@H](CC(=O)NCC(=O)O)C(=O)N(CC(C)(C)C)c2ccc(Cl)cc21. The van der Waals surface area contributed by atoms with Gasteiger partial charge in [-0.1, -0.05) is 74.8 Å². The molecule has 0 unspecified atom stereocenters. The smallest absolute Gasteiger partial charge is 0.322 e. The number of methoxy groups -OCH3 is 1. The monoisotopic (exact) mass is 679 g/mol. The van der Waals surface area contributed by atoms with E-state index in [1.807, 2.05) is 45.0 Å². The predicted octanol–water partition coefficient (Wildman–Crippen LogP) is 5.80. The quantitative estimate of drug-likeness (QED) is 0.162. The molecule has 2 atom stereocenters. The molecule has 0 saturated heterocycles. The van der Waals surface area contributed by atoms with Gasteiger partial charge in [0.05, 0.1) is 20.1 Å². The van der Waals surface area contributed by atoms with Crippen LogP contribution in [-0.2, 0) is 25.5 Å². The van der Waals surface area contributed by atoms with Gasteiger partial charge in [0, 0.05) is 28.4 Å². The standard InChI is InChI=1S/C37H46ClN3O7/c1-37(2,3)24-41-29-17-16-26(38)21-28(29)34(48-31(36(41)45)22-32(42)40-23-33(43)44)27-14-8-15-30(35(27)46-4)47-20-10-19-39-18-9-13-25-11-6-5-7-12-25/h5-8,11-12,14-17,21,31,34,39H,9-10,13,18-20,22-24H2,1-4H3,(H,40,42)(H,43,44)/t31-,34-/m0/s1. The molecule has 10 nitrogen and oxygen atoms in total. The minimum Gasteiger partial charge on any atom is -0.492 e. The second kappa shape index (κ2) is 17.3. The highest BCUT2D eigenvalue weighted by Crippen LogP contribution is 2.45. The molecule has 3 aromatic rings. The Kier molecular flexibility index (Phi) is 13.3.